The van der Waals surface area contributed by atoms with E-state index in [4.69, 9.17) is 4.42 Å². The van der Waals surface area contributed by atoms with Gasteiger partial charge < -0.3 is 14.3 Å². The van der Waals surface area contributed by atoms with E-state index in [1.807, 2.05) is 0 Å². The standard InChI is InChI=1S/C11H8FNO3.Li/c12-11(1-2-11)8-3-6-4-13-5-7(10(14)15)9(6)16-8;/h3-5H,1-2H2,(H,14,15);/q;+1/p-1. The maximum atomic E-state index is 13.7. The number of aromatic nitrogens is 1. The topological polar surface area (TPSA) is 66.2 Å². The van der Waals surface area contributed by atoms with Gasteiger partial charge >= 0.3 is 18.9 Å². The minimum Gasteiger partial charge on any atom is -0.545 e. The predicted molar refractivity (Wildman–Crippen MR) is 50.4 cm³/mol. The molecule has 17 heavy (non-hydrogen) atoms. The van der Waals surface area contributed by atoms with Crippen LogP contribution >= 0.6 is 0 Å². The number of aromatic carboxylic acids is 1. The number of carboxylic acids is 1. The van der Waals surface area contributed by atoms with Crippen molar-refractivity contribution in [3.63, 3.8) is 0 Å². The van der Waals surface area contributed by atoms with Crippen molar-refractivity contribution in [1.82, 2.24) is 4.98 Å². The van der Waals surface area contributed by atoms with Crippen LogP contribution in [0.3, 0.4) is 0 Å². The van der Waals surface area contributed by atoms with Crippen LogP contribution in [0, 0.1) is 0 Å². The molecule has 0 saturated heterocycles. The van der Waals surface area contributed by atoms with Gasteiger partial charge in [0, 0.05) is 17.8 Å². The van der Waals surface area contributed by atoms with E-state index in [2.05, 4.69) is 4.98 Å². The zero-order valence-corrected chi connectivity index (χ0v) is 9.20. The number of furan rings is 1. The number of carbonyl (C=O) groups is 1. The van der Waals surface area contributed by atoms with Crippen LogP contribution in [0.4, 0.5) is 4.39 Å². The molecule has 0 amide bonds. The van der Waals surface area contributed by atoms with Gasteiger partial charge in [0.2, 0.25) is 0 Å². The largest absolute Gasteiger partial charge is 1.00 e. The maximum Gasteiger partial charge on any atom is 1.00 e. The molecule has 1 aliphatic rings. The van der Waals surface area contributed by atoms with Gasteiger partial charge in [0.05, 0.1) is 11.5 Å². The Bertz CT molecular complexity index is 591. The summed E-state index contributed by atoms with van der Waals surface area (Å²) >= 11 is 0. The molecule has 1 fully saturated rings. The number of hydrogen-bond donors (Lipinski definition) is 0. The minimum atomic E-state index is -1.41. The summed E-state index contributed by atoms with van der Waals surface area (Å²) in [5.74, 6) is -1.19. The van der Waals surface area contributed by atoms with Crippen LogP contribution in [0.5, 0.6) is 0 Å². The second kappa shape index (κ2) is 3.86. The van der Waals surface area contributed by atoms with Crippen LogP contribution < -0.4 is 24.0 Å². The fourth-order valence-electron chi connectivity index (χ4n) is 1.68. The van der Waals surface area contributed by atoms with E-state index >= 15 is 0 Å². The third-order valence-electron chi connectivity index (χ3n) is 2.77. The second-order valence-corrected chi connectivity index (χ2v) is 3.97. The van der Waals surface area contributed by atoms with Gasteiger partial charge in [-0.15, -0.1) is 0 Å². The van der Waals surface area contributed by atoms with Gasteiger partial charge in [-0.3, -0.25) is 4.98 Å². The number of alkyl halides is 1. The van der Waals surface area contributed by atoms with Crippen molar-refractivity contribution in [3.8, 4) is 0 Å². The van der Waals surface area contributed by atoms with E-state index in [0.717, 1.165) is 6.20 Å². The maximum absolute atomic E-state index is 13.7. The molecule has 0 spiro atoms. The number of pyridine rings is 1. The number of nitrogens with zero attached hydrogens (tertiary/aromatic N) is 1. The monoisotopic (exact) mass is 227 g/mol. The Balaban J connectivity index is 0.00000108. The van der Waals surface area contributed by atoms with Crippen LogP contribution in [0.1, 0.15) is 29.0 Å². The first kappa shape index (κ1) is 12.2. The van der Waals surface area contributed by atoms with E-state index < -0.39 is 11.6 Å². The minimum absolute atomic E-state index is 0. The van der Waals surface area contributed by atoms with Gasteiger partial charge in [0.25, 0.3) is 0 Å². The van der Waals surface area contributed by atoms with E-state index in [9.17, 15) is 14.3 Å². The first-order chi connectivity index (χ1) is 7.60. The molecule has 2 aromatic heterocycles. The molecule has 3 rings (SSSR count). The van der Waals surface area contributed by atoms with Crippen molar-refractivity contribution in [3.05, 3.63) is 29.8 Å². The molecule has 0 atom stereocenters. The third-order valence-corrected chi connectivity index (χ3v) is 2.77. The summed E-state index contributed by atoms with van der Waals surface area (Å²) in [6.07, 6.45) is 3.42. The van der Waals surface area contributed by atoms with E-state index in [-0.39, 0.29) is 35.8 Å². The van der Waals surface area contributed by atoms with Crippen LogP contribution in [0.15, 0.2) is 22.9 Å². The third kappa shape index (κ3) is 1.86. The fraction of sp³-hybridized carbons (Fsp3) is 0.273. The molecule has 82 valence electrons. The van der Waals surface area contributed by atoms with Gasteiger partial charge in [-0.2, -0.15) is 0 Å². The zero-order valence-electron chi connectivity index (χ0n) is 9.20. The van der Waals surface area contributed by atoms with Crippen LogP contribution in [-0.2, 0) is 5.67 Å². The molecule has 0 unspecified atom stereocenters. The number of carbonyl (C=O) groups excluding carboxylic acids is 1. The Kier molecular flexibility index (Phi) is 2.76. The summed E-state index contributed by atoms with van der Waals surface area (Å²) in [4.78, 5) is 14.5. The van der Waals surface area contributed by atoms with E-state index in [1.54, 1.807) is 0 Å². The molecular formula is C11H7FLiNO3. The molecule has 1 aliphatic carbocycles. The van der Waals surface area contributed by atoms with Crippen LogP contribution in [0.2, 0.25) is 0 Å². The first-order valence-electron chi connectivity index (χ1n) is 4.88. The smallest absolute Gasteiger partial charge is 0.545 e. The van der Waals surface area contributed by atoms with Gasteiger partial charge in [0.1, 0.15) is 11.3 Å². The fourth-order valence-corrected chi connectivity index (χ4v) is 1.68. The molecule has 6 heteroatoms. The van der Waals surface area contributed by atoms with Gasteiger partial charge in [-0.25, -0.2) is 4.39 Å². The molecule has 0 aromatic carbocycles. The van der Waals surface area contributed by atoms with Gasteiger partial charge in [0.15, 0.2) is 5.67 Å². The van der Waals surface area contributed by atoms with Gasteiger partial charge in [-0.1, -0.05) is 0 Å². The normalized spacial score (nSPS) is 16.5. The SMILES string of the molecule is O=C([O-])c1cncc2cc(C3(F)CC3)oc12.[Li+]. The summed E-state index contributed by atoms with van der Waals surface area (Å²) in [6, 6.07) is 1.50. The Hall–Kier alpha value is -1.31. The van der Waals surface area contributed by atoms with Crippen molar-refractivity contribution in [2.24, 2.45) is 0 Å². The van der Waals surface area contributed by atoms with Gasteiger partial charge in [-0.05, 0) is 18.9 Å². The predicted octanol–water partition coefficient (Wildman–Crippen LogP) is -1.85. The summed E-state index contributed by atoms with van der Waals surface area (Å²) in [6.45, 7) is 0. The van der Waals surface area contributed by atoms with Crippen LogP contribution in [-0.4, -0.2) is 11.0 Å². The number of rotatable bonds is 2. The average Bonchev–Trinajstić information content (AvgIpc) is 2.85. The molecule has 1 saturated carbocycles. The number of carboxylic acid groups (broad SMARTS) is 1. The number of fused-ring (bicyclic) bond motifs is 1. The number of halogens is 1. The van der Waals surface area contributed by atoms with Crippen molar-refractivity contribution in [1.29, 1.82) is 0 Å². The first-order valence-corrected chi connectivity index (χ1v) is 4.88. The summed E-state index contributed by atoms with van der Waals surface area (Å²) in [5, 5.41) is 11.3. The van der Waals surface area contributed by atoms with E-state index in [0.29, 0.717) is 18.2 Å². The molecule has 0 aliphatic heterocycles. The summed E-state index contributed by atoms with van der Waals surface area (Å²) < 4.78 is 19.0. The Morgan fingerprint density at radius 3 is 2.76 bits per heavy atom. The van der Waals surface area contributed by atoms with Crippen LogP contribution in [0.25, 0.3) is 11.0 Å². The Morgan fingerprint density at radius 1 is 1.47 bits per heavy atom. The summed E-state index contributed by atoms with van der Waals surface area (Å²) in [5.41, 5.74) is -1.43. The van der Waals surface area contributed by atoms with Crippen molar-refractivity contribution in [2.75, 3.05) is 0 Å². The molecule has 2 aromatic rings. The van der Waals surface area contributed by atoms with Crippen molar-refractivity contribution >= 4 is 16.9 Å². The molecule has 2 heterocycles. The quantitative estimate of drug-likeness (QED) is 0.565. The summed E-state index contributed by atoms with van der Waals surface area (Å²) in [7, 11) is 0. The molecule has 0 N–H and O–H groups in total. The molecule has 0 radical (unpaired) electrons. The molecular weight excluding hydrogens is 220 g/mol. The second-order valence-electron chi connectivity index (χ2n) is 3.97. The van der Waals surface area contributed by atoms with Crippen molar-refractivity contribution < 1.29 is 37.6 Å². The van der Waals surface area contributed by atoms with Crippen molar-refractivity contribution in [2.45, 2.75) is 18.5 Å². The molecule has 0 bridgehead atoms. The Labute approximate surface area is 108 Å². The molecule has 4 nitrogen and oxygen atoms in total. The number of hydrogen-bond acceptors (Lipinski definition) is 4. The average molecular weight is 227 g/mol. The zero-order chi connectivity index (χ0) is 11.3. The van der Waals surface area contributed by atoms with E-state index in [1.165, 1.54) is 12.3 Å². The Morgan fingerprint density at radius 2 is 2.18 bits per heavy atom.